The SMILES string of the molecule is CC(=O)CC(=O)N=c1ccc2nc(=O)nc-2c1=NNc1ccccc1OC=O. The van der Waals surface area contributed by atoms with Crippen molar-refractivity contribution in [2.24, 2.45) is 10.1 Å². The zero-order valence-electron chi connectivity index (χ0n) is 14.6. The lowest BCUT2D eigenvalue weighted by Crippen LogP contribution is -2.31. The molecular formula is C18H13N5O5. The standard InChI is InChI=1S/C18H13N5O5/c1-10(25)8-15(26)19-13-7-6-12-16(21-18(27)20-12)17(13)23-22-11-4-2-3-5-14(11)28-9-24/h2-7,9,22H,8H2,1H3. The van der Waals surface area contributed by atoms with Crippen molar-refractivity contribution >= 4 is 23.9 Å². The molecule has 1 heterocycles. The number of Topliss-reactive ketones (excluding diaryl/α,β-unsaturated/α-hetero) is 1. The number of para-hydroxylation sites is 2. The summed E-state index contributed by atoms with van der Waals surface area (Å²) in [6.07, 6.45) is -0.361. The Kier molecular flexibility index (Phi) is 5.40. The molecule has 2 aliphatic rings. The molecule has 0 fully saturated rings. The predicted octanol–water partition coefficient (Wildman–Crippen LogP) is -0.313. The Balaban J connectivity index is 2.14. The quantitative estimate of drug-likeness (QED) is 0.349. The number of hydrogen-bond donors (Lipinski definition) is 1. The zero-order chi connectivity index (χ0) is 20.1. The van der Waals surface area contributed by atoms with Crippen LogP contribution in [0.4, 0.5) is 5.69 Å². The summed E-state index contributed by atoms with van der Waals surface area (Å²) in [5, 5.41) is 4.37. The number of carbonyl (C=O) groups is 3. The van der Waals surface area contributed by atoms with Crippen molar-refractivity contribution in [3.8, 4) is 17.1 Å². The highest BCUT2D eigenvalue weighted by atomic mass is 16.5. The smallest absolute Gasteiger partial charge is 0.368 e. The fraction of sp³-hybridized carbons (Fsp3) is 0.111. The van der Waals surface area contributed by atoms with Gasteiger partial charge in [0.05, 0.1) is 23.2 Å². The van der Waals surface area contributed by atoms with E-state index in [0.717, 1.165) is 0 Å². The molecule has 10 nitrogen and oxygen atoms in total. The van der Waals surface area contributed by atoms with E-state index < -0.39 is 11.6 Å². The normalized spacial score (nSPS) is 12.2. The molecule has 0 radical (unpaired) electrons. The number of rotatable bonds is 6. The summed E-state index contributed by atoms with van der Waals surface area (Å²) in [6.45, 7) is 1.55. The zero-order valence-corrected chi connectivity index (χ0v) is 14.6. The first-order chi connectivity index (χ1) is 13.5. The maximum Gasteiger partial charge on any atom is 0.368 e. The van der Waals surface area contributed by atoms with Gasteiger partial charge >= 0.3 is 5.69 Å². The van der Waals surface area contributed by atoms with Gasteiger partial charge in [0.25, 0.3) is 12.4 Å². The van der Waals surface area contributed by atoms with E-state index in [2.05, 4.69) is 25.5 Å². The lowest BCUT2D eigenvalue weighted by molar-refractivity contribution is -0.125. The second-order valence-corrected chi connectivity index (χ2v) is 5.63. The summed E-state index contributed by atoms with van der Waals surface area (Å²) in [5.74, 6) is -0.770. The monoisotopic (exact) mass is 379 g/mol. The molecule has 0 saturated heterocycles. The number of ketones is 1. The van der Waals surface area contributed by atoms with Crippen molar-refractivity contribution in [2.45, 2.75) is 13.3 Å². The predicted molar refractivity (Wildman–Crippen MR) is 95.5 cm³/mol. The van der Waals surface area contributed by atoms with E-state index >= 15 is 0 Å². The molecule has 140 valence electrons. The molecule has 1 aromatic rings. The Morgan fingerprint density at radius 2 is 1.96 bits per heavy atom. The van der Waals surface area contributed by atoms with Gasteiger partial charge in [-0.25, -0.2) is 9.79 Å². The molecule has 1 aliphatic carbocycles. The summed E-state index contributed by atoms with van der Waals surface area (Å²) in [5.41, 5.74) is 2.77. The second kappa shape index (κ2) is 8.08. The number of benzene rings is 2. The number of aromatic nitrogens is 2. The van der Waals surface area contributed by atoms with Crippen molar-refractivity contribution in [3.63, 3.8) is 0 Å². The van der Waals surface area contributed by atoms with Crippen LogP contribution in [0.5, 0.6) is 5.75 Å². The topological polar surface area (TPSA) is 140 Å². The summed E-state index contributed by atoms with van der Waals surface area (Å²) in [4.78, 5) is 56.6. The van der Waals surface area contributed by atoms with E-state index in [1.54, 1.807) is 24.3 Å². The van der Waals surface area contributed by atoms with Crippen LogP contribution in [-0.4, -0.2) is 28.1 Å². The van der Waals surface area contributed by atoms with Crippen molar-refractivity contribution in [3.05, 3.63) is 57.6 Å². The Morgan fingerprint density at radius 3 is 2.71 bits per heavy atom. The molecule has 1 N–H and O–H groups in total. The van der Waals surface area contributed by atoms with E-state index in [9.17, 15) is 19.2 Å². The average molecular weight is 379 g/mol. The lowest BCUT2D eigenvalue weighted by atomic mass is 10.2. The third-order valence-corrected chi connectivity index (χ3v) is 3.53. The summed E-state index contributed by atoms with van der Waals surface area (Å²) in [6, 6.07) is 9.44. The number of nitrogens with one attached hydrogen (secondary N) is 1. The maximum atomic E-state index is 11.9. The van der Waals surface area contributed by atoms with Crippen LogP contribution in [0.2, 0.25) is 0 Å². The minimum absolute atomic E-state index is 0.0879. The van der Waals surface area contributed by atoms with Gasteiger partial charge in [-0.05, 0) is 31.2 Å². The van der Waals surface area contributed by atoms with Crippen LogP contribution < -0.4 is 26.6 Å². The number of ether oxygens (including phenoxy) is 1. The van der Waals surface area contributed by atoms with Crippen molar-refractivity contribution < 1.29 is 19.1 Å². The van der Waals surface area contributed by atoms with Crippen LogP contribution in [-0.2, 0) is 14.4 Å². The lowest BCUT2D eigenvalue weighted by Gasteiger charge is -2.06. The Labute approximate surface area is 157 Å². The molecule has 0 aromatic heterocycles. The van der Waals surface area contributed by atoms with E-state index in [-0.39, 0.29) is 46.5 Å². The van der Waals surface area contributed by atoms with E-state index in [1.807, 2.05) is 0 Å². The highest BCUT2D eigenvalue weighted by Crippen LogP contribution is 2.22. The van der Waals surface area contributed by atoms with Crippen molar-refractivity contribution in [1.82, 2.24) is 9.97 Å². The highest BCUT2D eigenvalue weighted by Gasteiger charge is 2.14. The van der Waals surface area contributed by atoms with Crippen LogP contribution in [0, 0.1) is 0 Å². The number of anilines is 1. The van der Waals surface area contributed by atoms with E-state index in [4.69, 9.17) is 4.74 Å². The minimum atomic E-state index is -0.705. The van der Waals surface area contributed by atoms with Gasteiger partial charge in [0.1, 0.15) is 16.8 Å². The number of hydrogen-bond acceptors (Lipinski definition) is 9. The number of amides is 1. The third-order valence-electron chi connectivity index (χ3n) is 3.53. The first kappa shape index (κ1) is 18.7. The van der Waals surface area contributed by atoms with Crippen LogP contribution in [0.25, 0.3) is 11.4 Å². The molecule has 1 aromatic carbocycles. The summed E-state index contributed by atoms with van der Waals surface area (Å²) < 4.78 is 4.86. The summed E-state index contributed by atoms with van der Waals surface area (Å²) >= 11 is 0. The molecule has 1 amide bonds. The first-order valence-corrected chi connectivity index (χ1v) is 8.02. The van der Waals surface area contributed by atoms with Gasteiger partial charge in [-0.3, -0.25) is 19.8 Å². The first-order valence-electron chi connectivity index (χ1n) is 8.02. The number of imidazole rings is 1. The van der Waals surface area contributed by atoms with Gasteiger partial charge in [0.2, 0.25) is 0 Å². The molecule has 0 atom stereocenters. The van der Waals surface area contributed by atoms with Crippen LogP contribution in [0.15, 0.2) is 51.3 Å². The van der Waals surface area contributed by atoms with Crippen molar-refractivity contribution in [1.29, 1.82) is 0 Å². The van der Waals surface area contributed by atoms with Gasteiger partial charge in [0, 0.05) is 0 Å². The highest BCUT2D eigenvalue weighted by molar-refractivity contribution is 5.97. The van der Waals surface area contributed by atoms with E-state index in [0.29, 0.717) is 5.69 Å². The van der Waals surface area contributed by atoms with Crippen LogP contribution in [0.1, 0.15) is 13.3 Å². The largest absolute Gasteiger partial charge is 0.426 e. The van der Waals surface area contributed by atoms with Gasteiger partial charge in [-0.2, -0.15) is 15.1 Å². The molecule has 1 aliphatic heterocycles. The fourth-order valence-electron chi connectivity index (χ4n) is 2.40. The number of carbonyl (C=O) groups excluding carboxylic acids is 3. The minimum Gasteiger partial charge on any atom is -0.426 e. The molecular weight excluding hydrogens is 366 g/mol. The van der Waals surface area contributed by atoms with Crippen LogP contribution >= 0.6 is 0 Å². The number of fused-ring (bicyclic) bond motifs is 1. The summed E-state index contributed by atoms with van der Waals surface area (Å²) in [7, 11) is 0. The van der Waals surface area contributed by atoms with Gasteiger partial charge in [0.15, 0.2) is 5.75 Å². The van der Waals surface area contributed by atoms with E-state index in [1.165, 1.54) is 19.1 Å². The fourth-order valence-corrected chi connectivity index (χ4v) is 2.40. The average Bonchev–Trinajstić information content (AvgIpc) is 3.02. The van der Waals surface area contributed by atoms with Gasteiger partial charge in [-0.1, -0.05) is 12.1 Å². The Hall–Kier alpha value is -4.08. The maximum absolute atomic E-state index is 11.9. The molecule has 0 unspecified atom stereocenters. The van der Waals surface area contributed by atoms with Crippen molar-refractivity contribution in [2.75, 3.05) is 5.43 Å². The second-order valence-electron chi connectivity index (χ2n) is 5.63. The molecule has 0 bridgehead atoms. The van der Waals surface area contributed by atoms with Gasteiger partial charge < -0.3 is 4.74 Å². The molecule has 0 saturated carbocycles. The van der Waals surface area contributed by atoms with Gasteiger partial charge in [-0.15, -0.1) is 0 Å². The Morgan fingerprint density at radius 1 is 1.18 bits per heavy atom. The molecule has 3 rings (SSSR count). The molecule has 0 spiro atoms. The molecule has 28 heavy (non-hydrogen) atoms. The van der Waals surface area contributed by atoms with Crippen LogP contribution in [0.3, 0.4) is 0 Å². The Bertz CT molecular complexity index is 1190. The number of nitrogens with zero attached hydrogens (tertiary/aromatic N) is 4. The molecule has 10 heteroatoms. The third kappa shape index (κ3) is 4.18.